The molecule has 6 N–H and O–H groups in total. The fraction of sp³-hybridized carbons (Fsp3) is 0.606. The number of rotatable bonds is 15. The minimum atomic E-state index is -0.925. The van der Waals surface area contributed by atoms with Gasteiger partial charge in [-0.2, -0.15) is 0 Å². The van der Waals surface area contributed by atoms with E-state index in [1.165, 1.54) is 24.4 Å². The highest BCUT2D eigenvalue weighted by Crippen LogP contribution is 2.51. The Hall–Kier alpha value is -3.84. The standard InChI is InChI=1S/C33H48FN7O5/c1-4-27(43)38-29(33(46)41-16-14-40(3)15-17-41)20(2)23-9-10-25(24(34)19-23)37-32(45)30(28(21-5-6-21)22-7-8-22)39-31(44)26(11-12-35)36-13-18-42/h9-12,19-22,28-30,42H,4-8,13-18,35H2,1-3H3,(H,37,45)(H,38,43)(H,39,44)/b12-11-,36-26?/t20-,29+,30-/m0/s1. The molecular formula is C33H48FN7O5. The van der Waals surface area contributed by atoms with E-state index < -0.39 is 35.6 Å². The molecule has 0 spiro atoms. The van der Waals surface area contributed by atoms with Crippen molar-refractivity contribution in [1.82, 2.24) is 20.4 Å². The van der Waals surface area contributed by atoms with Crippen molar-refractivity contribution in [3.05, 3.63) is 41.9 Å². The highest BCUT2D eigenvalue weighted by molar-refractivity contribution is 6.43. The van der Waals surface area contributed by atoms with Gasteiger partial charge in [-0.15, -0.1) is 0 Å². The number of hydrogen-bond acceptors (Lipinski definition) is 8. The number of carbonyl (C=O) groups excluding carboxylic acids is 4. The lowest BCUT2D eigenvalue weighted by Gasteiger charge is -2.36. The lowest BCUT2D eigenvalue weighted by molar-refractivity contribution is -0.138. The minimum absolute atomic E-state index is 0.00142. The van der Waals surface area contributed by atoms with Crippen LogP contribution in [0.5, 0.6) is 0 Å². The third-order valence-electron chi connectivity index (χ3n) is 9.15. The number of halogens is 1. The van der Waals surface area contributed by atoms with Crippen LogP contribution in [-0.2, 0) is 19.2 Å². The number of hydrogen-bond donors (Lipinski definition) is 5. The number of anilines is 1. The van der Waals surface area contributed by atoms with Crippen molar-refractivity contribution >= 4 is 35.0 Å². The number of carbonyl (C=O) groups is 4. The molecule has 46 heavy (non-hydrogen) atoms. The summed E-state index contributed by atoms with van der Waals surface area (Å²) in [7, 11) is 1.99. The van der Waals surface area contributed by atoms with Gasteiger partial charge in [0.1, 0.15) is 23.6 Å². The molecule has 3 fully saturated rings. The van der Waals surface area contributed by atoms with E-state index in [9.17, 15) is 24.3 Å². The second kappa shape index (κ2) is 16.1. The first-order valence-electron chi connectivity index (χ1n) is 16.3. The van der Waals surface area contributed by atoms with Gasteiger partial charge in [-0.3, -0.25) is 24.2 Å². The molecule has 1 aromatic carbocycles. The lowest BCUT2D eigenvalue weighted by atomic mass is 9.88. The van der Waals surface area contributed by atoms with E-state index in [0.29, 0.717) is 18.7 Å². The Morgan fingerprint density at radius 3 is 2.26 bits per heavy atom. The van der Waals surface area contributed by atoms with Crippen LogP contribution >= 0.6 is 0 Å². The van der Waals surface area contributed by atoms with E-state index in [-0.39, 0.29) is 60.5 Å². The van der Waals surface area contributed by atoms with E-state index in [4.69, 9.17) is 5.73 Å². The number of nitrogens with two attached hydrogens (primary N) is 1. The Kier molecular flexibility index (Phi) is 12.3. The molecule has 2 aliphatic carbocycles. The number of piperazine rings is 1. The zero-order chi connectivity index (χ0) is 33.4. The van der Waals surface area contributed by atoms with E-state index in [1.54, 1.807) is 24.8 Å². The lowest BCUT2D eigenvalue weighted by Crippen LogP contribution is -2.55. The van der Waals surface area contributed by atoms with Crippen LogP contribution in [0.3, 0.4) is 0 Å². The third-order valence-corrected chi connectivity index (χ3v) is 9.15. The van der Waals surface area contributed by atoms with Crippen LogP contribution in [-0.4, -0.2) is 103 Å². The van der Waals surface area contributed by atoms with Crippen molar-refractivity contribution < 1.29 is 28.7 Å². The number of likely N-dealkylation sites (N-methyl/N-ethyl adjacent to an activating group) is 1. The summed E-state index contributed by atoms with van der Waals surface area (Å²) in [4.78, 5) is 60.8. The number of aliphatic hydroxyl groups is 1. The number of nitrogens with zero attached hydrogens (tertiary/aromatic N) is 3. The summed E-state index contributed by atoms with van der Waals surface area (Å²) in [6, 6.07) is 2.57. The van der Waals surface area contributed by atoms with E-state index in [2.05, 4.69) is 25.8 Å². The number of benzene rings is 1. The quantitative estimate of drug-likeness (QED) is 0.180. The molecular weight excluding hydrogens is 593 g/mol. The summed E-state index contributed by atoms with van der Waals surface area (Å²) in [5.41, 5.74) is 5.93. The molecule has 0 radical (unpaired) electrons. The Morgan fingerprint density at radius 2 is 1.72 bits per heavy atom. The summed E-state index contributed by atoms with van der Waals surface area (Å²) in [6.45, 7) is 5.75. The molecule has 3 atom stereocenters. The molecule has 3 aliphatic rings. The molecule has 4 amide bonds. The van der Waals surface area contributed by atoms with Gasteiger partial charge in [0, 0.05) is 38.5 Å². The summed E-state index contributed by atoms with van der Waals surface area (Å²) in [5.74, 6) is -2.39. The molecule has 0 aromatic heterocycles. The topological polar surface area (TPSA) is 169 Å². The SMILES string of the molecule is CCC(=O)N[C@@H](C(=O)N1CCN(C)CC1)[C@@H](C)c1ccc(NC(=O)[C@@H](NC(=O)C(/C=C\N)=NCCO)C(C2CC2)C2CC2)c(F)c1. The normalized spacial score (nSPS) is 19.5. The highest BCUT2D eigenvalue weighted by atomic mass is 19.1. The summed E-state index contributed by atoms with van der Waals surface area (Å²) >= 11 is 0. The van der Waals surface area contributed by atoms with Crippen molar-refractivity contribution in [1.29, 1.82) is 0 Å². The van der Waals surface area contributed by atoms with Gasteiger partial charge >= 0.3 is 0 Å². The van der Waals surface area contributed by atoms with Gasteiger partial charge in [-0.1, -0.05) is 19.9 Å². The predicted octanol–water partition coefficient (Wildman–Crippen LogP) is 1.36. The van der Waals surface area contributed by atoms with Crippen LogP contribution in [0.2, 0.25) is 0 Å². The number of nitrogens with one attached hydrogen (secondary N) is 3. The molecule has 13 heteroatoms. The zero-order valence-corrected chi connectivity index (χ0v) is 27.0. The smallest absolute Gasteiger partial charge is 0.270 e. The highest BCUT2D eigenvalue weighted by Gasteiger charge is 2.48. The fourth-order valence-electron chi connectivity index (χ4n) is 6.12. The van der Waals surface area contributed by atoms with Gasteiger partial charge < -0.3 is 36.6 Å². The zero-order valence-electron chi connectivity index (χ0n) is 27.0. The average molecular weight is 642 g/mol. The van der Waals surface area contributed by atoms with Crippen LogP contribution in [0, 0.1) is 23.6 Å². The maximum absolute atomic E-state index is 15.6. The third kappa shape index (κ3) is 9.12. The molecule has 1 aromatic rings. The van der Waals surface area contributed by atoms with Gasteiger partial charge in [0.15, 0.2) is 0 Å². The monoisotopic (exact) mass is 641 g/mol. The second-order valence-corrected chi connectivity index (χ2v) is 12.6. The predicted molar refractivity (Wildman–Crippen MR) is 173 cm³/mol. The maximum atomic E-state index is 15.6. The van der Waals surface area contributed by atoms with Crippen LogP contribution < -0.4 is 21.7 Å². The van der Waals surface area contributed by atoms with E-state index in [0.717, 1.165) is 38.8 Å². The van der Waals surface area contributed by atoms with Gasteiger partial charge in [-0.05, 0) is 80.5 Å². The molecule has 0 bridgehead atoms. The summed E-state index contributed by atoms with van der Waals surface area (Å²) in [6.07, 6.45) is 6.51. The summed E-state index contributed by atoms with van der Waals surface area (Å²) < 4.78 is 15.6. The molecule has 12 nitrogen and oxygen atoms in total. The Bertz CT molecular complexity index is 1310. The largest absolute Gasteiger partial charge is 0.405 e. The fourth-order valence-corrected chi connectivity index (χ4v) is 6.12. The Labute approximate surface area is 270 Å². The average Bonchev–Trinajstić information content (AvgIpc) is 3.98. The van der Waals surface area contributed by atoms with Crippen LogP contribution in [0.4, 0.5) is 10.1 Å². The Morgan fingerprint density at radius 1 is 1.07 bits per heavy atom. The first-order valence-corrected chi connectivity index (χ1v) is 16.3. The molecule has 1 saturated heterocycles. The first-order chi connectivity index (χ1) is 22.1. The van der Waals surface area contributed by atoms with Crippen molar-refractivity contribution in [2.75, 3.05) is 51.7 Å². The molecule has 4 rings (SSSR count). The first kappa shape index (κ1) is 35.0. The molecule has 0 unspecified atom stereocenters. The van der Waals surface area contributed by atoms with Crippen LogP contribution in [0.25, 0.3) is 0 Å². The van der Waals surface area contributed by atoms with Gasteiger partial charge in [-0.25, -0.2) is 4.39 Å². The number of amides is 4. The van der Waals surface area contributed by atoms with Crippen molar-refractivity contribution in [3.63, 3.8) is 0 Å². The van der Waals surface area contributed by atoms with Gasteiger partial charge in [0.25, 0.3) is 5.91 Å². The Balaban J connectivity index is 1.53. The van der Waals surface area contributed by atoms with Crippen LogP contribution in [0.1, 0.15) is 57.4 Å². The minimum Gasteiger partial charge on any atom is -0.405 e. The van der Waals surface area contributed by atoms with E-state index >= 15 is 4.39 Å². The van der Waals surface area contributed by atoms with Crippen molar-refractivity contribution in [2.45, 2.75) is 64.0 Å². The second-order valence-electron chi connectivity index (χ2n) is 12.6. The van der Waals surface area contributed by atoms with Gasteiger partial charge in [0.05, 0.1) is 18.8 Å². The molecule has 2 saturated carbocycles. The molecule has 1 heterocycles. The van der Waals surface area contributed by atoms with Gasteiger partial charge in [0.2, 0.25) is 17.7 Å². The number of aliphatic hydroxyl groups excluding tert-OH is 1. The van der Waals surface area contributed by atoms with Crippen molar-refractivity contribution in [3.8, 4) is 0 Å². The maximum Gasteiger partial charge on any atom is 0.270 e. The number of aliphatic imine (C=N–C) groups is 1. The van der Waals surface area contributed by atoms with Crippen LogP contribution in [0.15, 0.2) is 35.5 Å². The van der Waals surface area contributed by atoms with Crippen molar-refractivity contribution in [2.24, 2.45) is 28.5 Å². The summed E-state index contributed by atoms with van der Waals surface area (Å²) in [5, 5.41) is 17.5. The molecule has 252 valence electrons. The molecule has 1 aliphatic heterocycles. The van der Waals surface area contributed by atoms with E-state index in [1.807, 2.05) is 7.05 Å².